The second-order valence-corrected chi connectivity index (χ2v) is 11.4. The summed E-state index contributed by atoms with van der Waals surface area (Å²) in [5.41, 5.74) is -0.886. The van der Waals surface area contributed by atoms with Gasteiger partial charge in [-0.1, -0.05) is 32.9 Å². The largest absolute Gasteiger partial charge is 0.356 e. The number of nitriles is 1. The minimum Gasteiger partial charge on any atom is -0.356 e. The van der Waals surface area contributed by atoms with Gasteiger partial charge in [0.25, 0.3) is 5.91 Å². The molecule has 0 aromatic heterocycles. The molecule has 3 N–H and O–H groups in total. The number of hydrogen-bond acceptors (Lipinski definition) is 5. The van der Waals surface area contributed by atoms with Crippen LogP contribution in [0.5, 0.6) is 0 Å². The van der Waals surface area contributed by atoms with Gasteiger partial charge in [-0.25, -0.2) is 0 Å². The van der Waals surface area contributed by atoms with E-state index >= 15 is 0 Å². The van der Waals surface area contributed by atoms with Crippen molar-refractivity contribution in [2.45, 2.75) is 64.6 Å². The zero-order chi connectivity index (χ0) is 26.4. The summed E-state index contributed by atoms with van der Waals surface area (Å²) in [6, 6.07) is -1.01. The molecule has 3 fully saturated rings. The van der Waals surface area contributed by atoms with Gasteiger partial charge in [0.15, 0.2) is 0 Å². The first-order chi connectivity index (χ1) is 16.9. The molecule has 11 heteroatoms. The minimum atomic E-state index is -3.27. The van der Waals surface area contributed by atoms with Crippen LogP contribution in [0, 0.1) is 46.3 Å². The van der Waals surface area contributed by atoms with E-state index in [4.69, 9.17) is 0 Å². The Labute approximate surface area is 209 Å². The van der Waals surface area contributed by atoms with Crippen molar-refractivity contribution in [2.24, 2.45) is 35.0 Å². The van der Waals surface area contributed by atoms with Gasteiger partial charge >= 0.3 is 6.43 Å². The first-order valence-corrected chi connectivity index (χ1v) is 12.5. The van der Waals surface area contributed by atoms with E-state index in [9.17, 15) is 33.2 Å². The molecule has 0 spiro atoms. The third kappa shape index (κ3) is 4.82. The molecule has 196 valence electrons. The molecule has 4 amide bonds. The number of amides is 4. The predicted octanol–water partition coefficient (Wildman–Crippen LogP) is 0.966. The maximum atomic E-state index is 13.8. The Balaban J connectivity index is 1.58. The molecule has 2 aliphatic heterocycles. The molecular formula is C25H33F2N5O4. The molecule has 9 nitrogen and oxygen atoms in total. The van der Waals surface area contributed by atoms with E-state index in [1.807, 2.05) is 0 Å². The van der Waals surface area contributed by atoms with E-state index in [2.05, 4.69) is 34.2 Å². The van der Waals surface area contributed by atoms with E-state index in [-0.39, 0.29) is 48.5 Å². The summed E-state index contributed by atoms with van der Waals surface area (Å²) in [5, 5.41) is 17.3. The topological polar surface area (TPSA) is 131 Å². The van der Waals surface area contributed by atoms with Crippen LogP contribution in [0.15, 0.2) is 12.2 Å². The highest BCUT2D eigenvalue weighted by atomic mass is 19.3. The number of hydrogen-bond donors (Lipinski definition) is 3. The zero-order valence-electron chi connectivity index (χ0n) is 20.7. The van der Waals surface area contributed by atoms with Gasteiger partial charge in [0.05, 0.1) is 6.07 Å². The molecule has 2 bridgehead atoms. The lowest BCUT2D eigenvalue weighted by Crippen LogP contribution is -2.60. The van der Waals surface area contributed by atoms with E-state index < -0.39 is 47.7 Å². The lowest BCUT2D eigenvalue weighted by molar-refractivity contribution is -0.146. The van der Waals surface area contributed by atoms with Gasteiger partial charge in [-0.05, 0) is 48.3 Å². The fourth-order valence-electron chi connectivity index (χ4n) is 6.36. The highest BCUT2D eigenvalue weighted by molar-refractivity contribution is 5.94. The molecule has 0 unspecified atom stereocenters. The van der Waals surface area contributed by atoms with Crippen LogP contribution in [0.1, 0.15) is 40.0 Å². The maximum absolute atomic E-state index is 13.8. The predicted molar refractivity (Wildman–Crippen MR) is 124 cm³/mol. The number of allylic oxidation sites excluding steroid dienone is 2. The van der Waals surface area contributed by atoms with Crippen molar-refractivity contribution in [1.82, 2.24) is 20.9 Å². The number of nitrogens with one attached hydrogen (secondary N) is 3. The van der Waals surface area contributed by atoms with Crippen LogP contribution in [0.2, 0.25) is 0 Å². The third-order valence-corrected chi connectivity index (χ3v) is 8.10. The monoisotopic (exact) mass is 505 g/mol. The van der Waals surface area contributed by atoms with Crippen LogP contribution in [0.3, 0.4) is 0 Å². The maximum Gasteiger partial charge on any atom is 0.315 e. The molecule has 0 radical (unpaired) electrons. The molecule has 36 heavy (non-hydrogen) atoms. The van der Waals surface area contributed by atoms with Gasteiger partial charge in [-0.15, -0.1) is 0 Å². The molecule has 2 saturated heterocycles. The van der Waals surface area contributed by atoms with E-state index in [1.165, 1.54) is 4.90 Å². The van der Waals surface area contributed by atoms with Crippen molar-refractivity contribution in [1.29, 1.82) is 5.26 Å². The molecule has 4 aliphatic rings. The van der Waals surface area contributed by atoms with E-state index in [0.717, 1.165) is 6.42 Å². The van der Waals surface area contributed by atoms with Gasteiger partial charge < -0.3 is 20.9 Å². The number of nitrogens with zero attached hydrogens (tertiary/aromatic N) is 2. The first kappa shape index (κ1) is 26.0. The summed E-state index contributed by atoms with van der Waals surface area (Å²) < 4.78 is 26.1. The number of fused-ring (bicyclic) bond motifs is 5. The second-order valence-electron chi connectivity index (χ2n) is 11.4. The number of carbonyl (C=O) groups excluding carboxylic acids is 4. The Bertz CT molecular complexity index is 1000. The smallest absolute Gasteiger partial charge is 0.315 e. The lowest BCUT2D eigenvalue weighted by atomic mass is 9.81. The van der Waals surface area contributed by atoms with Gasteiger partial charge in [-0.3, -0.25) is 19.2 Å². The number of rotatable bonds is 7. The standard InChI is InChI=1S/C25H33F2N5O4/c1-25(2,3)19(31-23(35)20(26)27)24(36)32-11-16-12-4-5-13(8-12)17(16)18(32)22(34)30-15(10-28)9-14-6-7-29-21(14)33/h4-5,12-20H,6-9,11H2,1-3H3,(H,29,33)(H,30,34)(H,31,35)/t12-,13+,14+,15+,16-,17+,18+,19-/m1/s1. The molecule has 8 atom stereocenters. The van der Waals surface area contributed by atoms with Crippen LogP contribution in [-0.2, 0) is 19.2 Å². The normalized spacial score (nSPS) is 32.1. The van der Waals surface area contributed by atoms with Crippen LogP contribution in [-0.4, -0.2) is 66.2 Å². The highest BCUT2D eigenvalue weighted by Crippen LogP contribution is 2.54. The van der Waals surface area contributed by atoms with E-state index in [1.54, 1.807) is 20.8 Å². The molecular weight excluding hydrogens is 472 g/mol. The molecule has 2 aliphatic carbocycles. The van der Waals surface area contributed by atoms with Crippen LogP contribution in [0.25, 0.3) is 0 Å². The third-order valence-electron chi connectivity index (χ3n) is 8.10. The fourth-order valence-corrected chi connectivity index (χ4v) is 6.36. The fraction of sp³-hybridized carbons (Fsp3) is 0.720. The summed E-state index contributed by atoms with van der Waals surface area (Å²) in [4.78, 5) is 52.6. The number of carbonyl (C=O) groups is 4. The first-order valence-electron chi connectivity index (χ1n) is 12.5. The Morgan fingerprint density at radius 1 is 1.22 bits per heavy atom. The Morgan fingerprint density at radius 3 is 2.50 bits per heavy atom. The summed E-state index contributed by atoms with van der Waals surface area (Å²) in [7, 11) is 0. The van der Waals surface area contributed by atoms with Gasteiger partial charge in [0.1, 0.15) is 18.1 Å². The van der Waals surface area contributed by atoms with Crippen molar-refractivity contribution in [3.8, 4) is 6.07 Å². The van der Waals surface area contributed by atoms with Gasteiger partial charge in [0.2, 0.25) is 17.7 Å². The lowest BCUT2D eigenvalue weighted by Gasteiger charge is -2.37. The van der Waals surface area contributed by atoms with Gasteiger partial charge in [-0.2, -0.15) is 14.0 Å². The summed E-state index contributed by atoms with van der Waals surface area (Å²) in [6.45, 7) is 5.79. The number of halogens is 2. The van der Waals surface area contributed by atoms with Crippen molar-refractivity contribution >= 4 is 23.6 Å². The minimum absolute atomic E-state index is 0.0345. The summed E-state index contributed by atoms with van der Waals surface area (Å²) in [6.07, 6.45) is 2.52. The van der Waals surface area contributed by atoms with Crippen LogP contribution < -0.4 is 16.0 Å². The quantitative estimate of drug-likeness (QED) is 0.444. The Morgan fingerprint density at radius 2 is 1.92 bits per heavy atom. The van der Waals surface area contributed by atoms with Crippen LogP contribution >= 0.6 is 0 Å². The average molecular weight is 506 g/mol. The summed E-state index contributed by atoms with van der Waals surface area (Å²) >= 11 is 0. The highest BCUT2D eigenvalue weighted by Gasteiger charge is 2.59. The van der Waals surface area contributed by atoms with E-state index in [0.29, 0.717) is 13.0 Å². The molecule has 4 rings (SSSR count). The van der Waals surface area contributed by atoms with Crippen LogP contribution in [0.4, 0.5) is 8.78 Å². The molecule has 0 aromatic rings. The van der Waals surface area contributed by atoms with Crippen molar-refractivity contribution in [2.75, 3.05) is 13.1 Å². The van der Waals surface area contributed by atoms with Crippen molar-refractivity contribution in [3.05, 3.63) is 12.2 Å². The Kier molecular flexibility index (Phi) is 7.08. The van der Waals surface area contributed by atoms with Crippen molar-refractivity contribution < 1.29 is 28.0 Å². The Hall–Kier alpha value is -3.03. The second kappa shape index (κ2) is 9.79. The number of likely N-dealkylation sites (tertiary alicyclic amines) is 1. The number of alkyl halides is 2. The SMILES string of the molecule is CC(C)(C)[C@H](NC(=O)C(F)F)C(=O)N1C[C@H]2[C@@H]([C@H]1C(=O)N[C@H](C#N)C[C@@H]1CCNC1=O)[C@H]1C=C[C@@H]2C1. The van der Waals surface area contributed by atoms with Crippen molar-refractivity contribution in [3.63, 3.8) is 0 Å². The average Bonchev–Trinajstić information content (AvgIpc) is 3.57. The molecule has 1 saturated carbocycles. The molecule has 2 heterocycles. The summed E-state index contributed by atoms with van der Waals surface area (Å²) in [5.74, 6) is -2.96. The molecule has 0 aromatic carbocycles. The van der Waals surface area contributed by atoms with Gasteiger partial charge in [0, 0.05) is 19.0 Å². The zero-order valence-corrected chi connectivity index (χ0v) is 20.7.